The summed E-state index contributed by atoms with van der Waals surface area (Å²) >= 11 is -0.586. The molecule has 0 saturated heterocycles. The van der Waals surface area contributed by atoms with Gasteiger partial charge in [-0.25, -0.2) is 0 Å². The summed E-state index contributed by atoms with van der Waals surface area (Å²) in [4.78, 5) is 1.67. The van der Waals surface area contributed by atoms with Gasteiger partial charge in [0.15, 0.2) is 0 Å². The van der Waals surface area contributed by atoms with Crippen molar-refractivity contribution in [2.45, 2.75) is 29.6 Å². The van der Waals surface area contributed by atoms with Crippen molar-refractivity contribution >= 4 is 0 Å². The van der Waals surface area contributed by atoms with E-state index in [1.807, 2.05) is 0 Å². The van der Waals surface area contributed by atoms with Crippen LogP contribution in [0.5, 0.6) is 0 Å². The Bertz CT molecular complexity index is 158. The molecule has 0 aliphatic rings. The molecule has 88 valence electrons. The molecule has 0 amide bonds. The maximum atomic E-state index is 12.0. The first-order valence-electron chi connectivity index (χ1n) is 3.70. The number of hydrogen-bond acceptors (Lipinski definition) is 0. The average Bonchev–Trinajstić information content (AvgIpc) is 1.95. The van der Waals surface area contributed by atoms with E-state index in [2.05, 4.69) is 0 Å². The molecule has 14 heavy (non-hydrogen) atoms. The van der Waals surface area contributed by atoms with Gasteiger partial charge in [-0.15, -0.1) is 0 Å². The summed E-state index contributed by atoms with van der Waals surface area (Å²) in [5.41, 5.74) is 0. The van der Waals surface area contributed by atoms with Gasteiger partial charge in [0.05, 0.1) is 0 Å². The molecule has 0 bridgehead atoms. The second-order valence-corrected chi connectivity index (χ2v) is 6.24. The van der Waals surface area contributed by atoms with E-state index in [0.717, 1.165) is 0 Å². The van der Waals surface area contributed by atoms with Crippen LogP contribution in [0.4, 0.5) is 26.3 Å². The van der Waals surface area contributed by atoms with Crippen LogP contribution < -0.4 is 21.2 Å². The Labute approximate surface area is 88.3 Å². The number of rotatable bonds is 3. The Morgan fingerprint density at radius 2 is 1.36 bits per heavy atom. The number of halogens is 7. The third kappa shape index (κ3) is 4.70. The molecule has 0 radical (unpaired) electrons. The summed E-state index contributed by atoms with van der Waals surface area (Å²) in [5.74, 6) is -3.16. The van der Waals surface area contributed by atoms with Crippen molar-refractivity contribution < 1.29 is 47.5 Å². The van der Waals surface area contributed by atoms with Gasteiger partial charge in [0.2, 0.25) is 0 Å². The Hall–Kier alpha value is 0.310. The van der Waals surface area contributed by atoms with Gasteiger partial charge in [0.1, 0.15) is 0 Å². The van der Waals surface area contributed by atoms with E-state index in [9.17, 15) is 26.3 Å². The van der Waals surface area contributed by atoms with E-state index in [0.29, 0.717) is 0 Å². The Morgan fingerprint density at radius 1 is 1.00 bits per heavy atom. The van der Waals surface area contributed by atoms with Crippen LogP contribution in [0.15, 0.2) is 0 Å². The fourth-order valence-electron chi connectivity index (χ4n) is 0.867. The summed E-state index contributed by atoms with van der Waals surface area (Å²) in [6, 6.07) is 0. The normalized spacial score (nSPS) is 16.4. The van der Waals surface area contributed by atoms with Crippen molar-refractivity contribution in [1.82, 2.24) is 0 Å². The zero-order chi connectivity index (χ0) is 11.6. The van der Waals surface area contributed by atoms with Crippen LogP contribution in [-0.2, 0) is 0 Å². The Balaban J connectivity index is 4.59. The van der Waals surface area contributed by atoms with Crippen LogP contribution in [0, 0.1) is 5.92 Å². The summed E-state index contributed by atoms with van der Waals surface area (Å²) in [7, 11) is 0. The quantitative estimate of drug-likeness (QED) is 0.394. The Kier molecular flexibility index (Phi) is 5.00. The first-order chi connectivity index (χ1) is 6.09. The first-order valence-corrected chi connectivity index (χ1v) is 7.10. The molecule has 0 N–H and O–H groups in total. The van der Waals surface area contributed by atoms with Crippen LogP contribution in [0.3, 0.4) is 0 Å². The molecule has 0 saturated carbocycles. The van der Waals surface area contributed by atoms with Gasteiger partial charge in [-0.1, -0.05) is 0 Å². The summed E-state index contributed by atoms with van der Waals surface area (Å²) < 4.78 is 71.6. The van der Waals surface area contributed by atoms with Gasteiger partial charge < -0.3 is 0 Å². The second-order valence-electron chi connectivity index (χ2n) is 2.87. The predicted molar refractivity (Wildman–Crippen MR) is 35.6 cm³/mol. The molecule has 0 aromatic carbocycles. The van der Waals surface area contributed by atoms with Gasteiger partial charge in [0, 0.05) is 0 Å². The van der Waals surface area contributed by atoms with Crippen molar-refractivity contribution in [2.75, 3.05) is 4.93 Å². The molecule has 0 nitrogen and oxygen atoms in total. The van der Waals surface area contributed by atoms with Gasteiger partial charge in [-0.3, -0.25) is 0 Å². The van der Waals surface area contributed by atoms with Gasteiger partial charge >= 0.3 is 88.0 Å². The van der Waals surface area contributed by atoms with Gasteiger partial charge in [-0.2, -0.15) is 0 Å². The molecule has 0 aliphatic heterocycles. The number of hydrogen-bond donors (Lipinski definition) is 0. The molecule has 0 spiro atoms. The summed E-state index contributed by atoms with van der Waals surface area (Å²) in [6.07, 6.45) is -11.2. The molecule has 0 aliphatic carbocycles. The summed E-state index contributed by atoms with van der Waals surface area (Å²) in [6.45, 7) is 1.43. The van der Waals surface area contributed by atoms with Crippen molar-refractivity contribution in [1.29, 1.82) is 0 Å². The van der Waals surface area contributed by atoms with Crippen molar-refractivity contribution in [2.24, 2.45) is 5.92 Å². The zero-order valence-electron chi connectivity index (χ0n) is 7.51. The molecular formula is C7H10F6I-. The fraction of sp³-hybridized carbons (Fsp3) is 1.00. The van der Waals surface area contributed by atoms with E-state index in [1.54, 1.807) is 4.93 Å². The fourth-order valence-corrected chi connectivity index (χ4v) is 1.88. The van der Waals surface area contributed by atoms with Gasteiger partial charge in [0.25, 0.3) is 0 Å². The average molecular weight is 335 g/mol. The van der Waals surface area contributed by atoms with Crippen molar-refractivity contribution in [3.8, 4) is 0 Å². The SMILES string of the molecule is C[I-]C(C)CC(C(F)(F)F)C(F)(F)F. The van der Waals surface area contributed by atoms with E-state index < -0.39 is 49.8 Å². The molecule has 0 fully saturated rings. The van der Waals surface area contributed by atoms with Crippen molar-refractivity contribution in [3.63, 3.8) is 0 Å². The van der Waals surface area contributed by atoms with Crippen molar-refractivity contribution in [3.05, 3.63) is 0 Å². The third-order valence-corrected chi connectivity index (χ3v) is 4.36. The maximum absolute atomic E-state index is 12.0. The molecule has 1 unspecified atom stereocenters. The third-order valence-electron chi connectivity index (χ3n) is 1.72. The zero-order valence-corrected chi connectivity index (χ0v) is 9.67. The molecule has 0 heterocycles. The monoisotopic (exact) mass is 335 g/mol. The minimum absolute atomic E-state index is 0.470. The van der Waals surface area contributed by atoms with Crippen LogP contribution in [0.1, 0.15) is 13.3 Å². The van der Waals surface area contributed by atoms with Crippen LogP contribution in [0.2, 0.25) is 0 Å². The Morgan fingerprint density at radius 3 is 1.57 bits per heavy atom. The van der Waals surface area contributed by atoms with E-state index in [4.69, 9.17) is 0 Å². The van der Waals surface area contributed by atoms with E-state index in [1.165, 1.54) is 6.92 Å². The molecule has 0 aromatic heterocycles. The molecule has 0 rings (SSSR count). The van der Waals surface area contributed by atoms with Crippen LogP contribution >= 0.6 is 0 Å². The van der Waals surface area contributed by atoms with Gasteiger partial charge in [-0.05, 0) is 0 Å². The molecule has 0 aromatic rings. The van der Waals surface area contributed by atoms with Crippen LogP contribution in [-0.4, -0.2) is 21.2 Å². The predicted octanol–water partition coefficient (Wildman–Crippen LogP) is 0.225. The minimum atomic E-state index is -5.18. The molecule has 7 heteroatoms. The van der Waals surface area contributed by atoms with Crippen LogP contribution in [0.25, 0.3) is 0 Å². The second kappa shape index (κ2) is 4.89. The first kappa shape index (κ1) is 14.3. The number of alkyl halides is 8. The van der Waals surface area contributed by atoms with E-state index >= 15 is 0 Å². The standard InChI is InChI=1S/C7H10F6I/c1-4(14-2)3-5(6(8,9)10)7(11,12)13/h4-5H,3H2,1-2H3/q-1. The van der Waals surface area contributed by atoms with E-state index in [-0.39, 0.29) is 0 Å². The molecule has 1 atom stereocenters. The summed E-state index contributed by atoms with van der Waals surface area (Å²) in [5, 5.41) is 0. The topological polar surface area (TPSA) is 0 Å². The molecular weight excluding hydrogens is 325 g/mol.